The number of carbonyl (C=O) groups is 1. The van der Waals surface area contributed by atoms with Crippen LogP contribution in [0.3, 0.4) is 0 Å². The van der Waals surface area contributed by atoms with Crippen LogP contribution in [-0.2, 0) is 13.5 Å². The van der Waals surface area contributed by atoms with E-state index in [1.807, 2.05) is 61.5 Å². The fourth-order valence-electron chi connectivity index (χ4n) is 3.87. The van der Waals surface area contributed by atoms with Crippen LogP contribution in [0.1, 0.15) is 44.1 Å². The van der Waals surface area contributed by atoms with Crippen LogP contribution in [0.4, 0.5) is 0 Å². The Balaban J connectivity index is 1.68. The van der Waals surface area contributed by atoms with Crippen LogP contribution in [0, 0.1) is 32.1 Å². The molecule has 3 aromatic heterocycles. The SMILES string of the molecule is Cc1cn(-c2cc(Cc3c(C)c(-c4ccc(C#N)cc4)nn3C)ncn2)c(C)c1C=O. The number of aryl methyl sites for hydroxylation is 2. The summed E-state index contributed by atoms with van der Waals surface area (Å²) in [5, 5.41) is 13.7. The molecule has 0 fully saturated rings. The maximum absolute atomic E-state index is 11.4. The second-order valence-corrected chi connectivity index (χ2v) is 7.58. The lowest BCUT2D eigenvalue weighted by molar-refractivity contribution is 0.112. The van der Waals surface area contributed by atoms with Gasteiger partial charge in [-0.1, -0.05) is 12.1 Å². The molecule has 154 valence electrons. The maximum atomic E-state index is 11.4. The van der Waals surface area contributed by atoms with E-state index < -0.39 is 0 Å². The Morgan fingerprint density at radius 1 is 1.13 bits per heavy atom. The van der Waals surface area contributed by atoms with Gasteiger partial charge in [0, 0.05) is 48.2 Å². The Labute approximate surface area is 180 Å². The molecule has 0 amide bonds. The van der Waals surface area contributed by atoms with Gasteiger partial charge in [-0.25, -0.2) is 9.97 Å². The minimum Gasteiger partial charge on any atom is -0.305 e. The summed E-state index contributed by atoms with van der Waals surface area (Å²) in [6.45, 7) is 5.88. The van der Waals surface area contributed by atoms with E-state index >= 15 is 0 Å². The first kappa shape index (κ1) is 20.2. The van der Waals surface area contributed by atoms with Gasteiger partial charge in [0.05, 0.1) is 23.0 Å². The van der Waals surface area contributed by atoms with Gasteiger partial charge in [0.2, 0.25) is 0 Å². The second-order valence-electron chi connectivity index (χ2n) is 7.58. The van der Waals surface area contributed by atoms with E-state index in [9.17, 15) is 4.79 Å². The van der Waals surface area contributed by atoms with Gasteiger partial charge in [0.1, 0.15) is 12.1 Å². The molecule has 7 heteroatoms. The molecule has 0 aliphatic heterocycles. The van der Waals surface area contributed by atoms with Gasteiger partial charge in [-0.05, 0) is 44.0 Å². The number of aromatic nitrogens is 5. The Kier molecular flexibility index (Phi) is 5.22. The number of nitriles is 1. The van der Waals surface area contributed by atoms with Gasteiger partial charge in [-0.15, -0.1) is 0 Å². The van der Waals surface area contributed by atoms with Gasteiger partial charge in [0.25, 0.3) is 0 Å². The van der Waals surface area contributed by atoms with Crippen molar-refractivity contribution in [3.63, 3.8) is 0 Å². The third-order valence-electron chi connectivity index (χ3n) is 5.64. The van der Waals surface area contributed by atoms with Crippen LogP contribution in [0.5, 0.6) is 0 Å². The van der Waals surface area contributed by atoms with Gasteiger partial charge >= 0.3 is 0 Å². The van der Waals surface area contributed by atoms with Gasteiger partial charge in [-0.3, -0.25) is 9.48 Å². The average Bonchev–Trinajstić information content (AvgIpc) is 3.23. The predicted octanol–water partition coefficient (Wildman–Crippen LogP) is 3.87. The molecule has 1 aromatic carbocycles. The van der Waals surface area contributed by atoms with Crippen molar-refractivity contribution in [1.82, 2.24) is 24.3 Å². The van der Waals surface area contributed by atoms with Gasteiger partial charge in [-0.2, -0.15) is 10.4 Å². The Morgan fingerprint density at radius 2 is 1.87 bits per heavy atom. The van der Waals surface area contributed by atoms with Crippen molar-refractivity contribution in [3.05, 3.63) is 82.2 Å². The van der Waals surface area contributed by atoms with E-state index in [-0.39, 0.29) is 0 Å². The second kappa shape index (κ2) is 8.00. The summed E-state index contributed by atoms with van der Waals surface area (Å²) in [6, 6.07) is 11.5. The molecule has 0 N–H and O–H groups in total. The van der Waals surface area contributed by atoms with Crippen molar-refractivity contribution < 1.29 is 4.79 Å². The van der Waals surface area contributed by atoms with Crippen molar-refractivity contribution in [3.8, 4) is 23.1 Å². The number of benzene rings is 1. The molecule has 0 unspecified atom stereocenters. The molecule has 0 aliphatic carbocycles. The molecular formula is C24H22N6O. The van der Waals surface area contributed by atoms with Crippen molar-refractivity contribution >= 4 is 6.29 Å². The third-order valence-corrected chi connectivity index (χ3v) is 5.64. The number of nitrogens with zero attached hydrogens (tertiary/aromatic N) is 6. The smallest absolute Gasteiger partial charge is 0.152 e. The highest BCUT2D eigenvalue weighted by molar-refractivity contribution is 5.79. The zero-order valence-electron chi connectivity index (χ0n) is 17.9. The molecule has 0 saturated carbocycles. The molecule has 0 spiro atoms. The van der Waals surface area contributed by atoms with E-state index in [0.717, 1.165) is 51.6 Å². The van der Waals surface area contributed by atoms with Crippen molar-refractivity contribution in [2.24, 2.45) is 7.05 Å². The molecule has 4 rings (SSSR count). The summed E-state index contributed by atoms with van der Waals surface area (Å²) in [4.78, 5) is 20.2. The fraction of sp³-hybridized carbons (Fsp3) is 0.208. The van der Waals surface area contributed by atoms with Crippen LogP contribution in [0.15, 0.2) is 42.9 Å². The molecule has 0 saturated heterocycles. The monoisotopic (exact) mass is 410 g/mol. The number of hydrogen-bond donors (Lipinski definition) is 0. The minimum absolute atomic E-state index is 0.598. The normalized spacial score (nSPS) is 10.8. The predicted molar refractivity (Wildman–Crippen MR) is 117 cm³/mol. The lowest BCUT2D eigenvalue weighted by Crippen LogP contribution is -2.05. The molecule has 0 aliphatic rings. The molecule has 0 radical (unpaired) electrons. The van der Waals surface area contributed by atoms with Crippen LogP contribution in [0.25, 0.3) is 17.1 Å². The Bertz CT molecular complexity index is 1320. The minimum atomic E-state index is 0.598. The summed E-state index contributed by atoms with van der Waals surface area (Å²) in [6.07, 6.45) is 4.95. The third kappa shape index (κ3) is 3.64. The van der Waals surface area contributed by atoms with E-state index in [2.05, 4.69) is 16.0 Å². The van der Waals surface area contributed by atoms with Crippen LogP contribution in [-0.4, -0.2) is 30.6 Å². The Morgan fingerprint density at radius 3 is 2.52 bits per heavy atom. The molecule has 3 heterocycles. The molecule has 31 heavy (non-hydrogen) atoms. The number of rotatable bonds is 5. The number of hydrogen-bond acceptors (Lipinski definition) is 5. The summed E-state index contributed by atoms with van der Waals surface area (Å²) in [7, 11) is 1.92. The van der Waals surface area contributed by atoms with Crippen molar-refractivity contribution in [1.29, 1.82) is 5.26 Å². The topological polar surface area (TPSA) is 89.4 Å². The first-order chi connectivity index (χ1) is 14.9. The zero-order chi connectivity index (χ0) is 22.1. The molecule has 0 bridgehead atoms. The number of aldehydes is 1. The fourth-order valence-corrected chi connectivity index (χ4v) is 3.87. The highest BCUT2D eigenvalue weighted by Crippen LogP contribution is 2.26. The largest absolute Gasteiger partial charge is 0.305 e. The Hall–Kier alpha value is -4.05. The summed E-state index contributed by atoms with van der Waals surface area (Å²) < 4.78 is 3.79. The lowest BCUT2D eigenvalue weighted by Gasteiger charge is -2.08. The standard InChI is InChI=1S/C24H22N6O/c1-15-12-30(17(3)21(15)13-31)23-10-20(26-14-27-23)9-22-16(2)24(28-29(22)4)19-7-5-18(11-25)6-8-19/h5-8,10,12-14H,9H2,1-4H3. The quantitative estimate of drug-likeness (QED) is 0.466. The van der Waals surface area contributed by atoms with Crippen LogP contribution >= 0.6 is 0 Å². The molecule has 4 aromatic rings. The number of carbonyl (C=O) groups excluding carboxylic acids is 1. The summed E-state index contributed by atoms with van der Waals surface area (Å²) in [5.74, 6) is 0.728. The summed E-state index contributed by atoms with van der Waals surface area (Å²) in [5.41, 5.74) is 7.95. The zero-order valence-corrected chi connectivity index (χ0v) is 17.9. The highest BCUT2D eigenvalue weighted by atomic mass is 16.1. The van der Waals surface area contributed by atoms with Gasteiger partial charge in [0.15, 0.2) is 6.29 Å². The lowest BCUT2D eigenvalue weighted by atomic mass is 10.0. The molecular weight excluding hydrogens is 388 g/mol. The van der Waals surface area contributed by atoms with E-state index in [0.29, 0.717) is 17.5 Å². The highest BCUT2D eigenvalue weighted by Gasteiger charge is 2.16. The first-order valence-corrected chi connectivity index (χ1v) is 9.91. The van der Waals surface area contributed by atoms with E-state index in [4.69, 9.17) is 10.4 Å². The van der Waals surface area contributed by atoms with Crippen LogP contribution in [0.2, 0.25) is 0 Å². The molecule has 0 atom stereocenters. The molecule has 7 nitrogen and oxygen atoms in total. The van der Waals surface area contributed by atoms with Gasteiger partial charge < -0.3 is 4.57 Å². The maximum Gasteiger partial charge on any atom is 0.152 e. The average molecular weight is 410 g/mol. The van der Waals surface area contributed by atoms with Crippen molar-refractivity contribution in [2.75, 3.05) is 0 Å². The van der Waals surface area contributed by atoms with Crippen molar-refractivity contribution in [2.45, 2.75) is 27.2 Å². The van der Waals surface area contributed by atoms with Crippen LogP contribution < -0.4 is 0 Å². The van der Waals surface area contributed by atoms with E-state index in [1.54, 1.807) is 18.5 Å². The summed E-state index contributed by atoms with van der Waals surface area (Å²) >= 11 is 0. The first-order valence-electron chi connectivity index (χ1n) is 9.91. The van der Waals surface area contributed by atoms with E-state index in [1.165, 1.54) is 0 Å².